The molecule has 0 spiro atoms. The number of halogens is 1. The molecule has 0 aliphatic carbocycles. The highest BCUT2D eigenvalue weighted by atomic mass is 19.1. The monoisotopic (exact) mass is 245 g/mol. The zero-order valence-corrected chi connectivity index (χ0v) is 10.6. The Bertz CT molecular complexity index is 495. The predicted molar refractivity (Wildman–Crippen MR) is 68.2 cm³/mol. The molecule has 0 aliphatic heterocycles. The van der Waals surface area contributed by atoms with E-state index in [1.165, 1.54) is 12.1 Å². The lowest BCUT2D eigenvalue weighted by molar-refractivity contribution is 0.441. The van der Waals surface area contributed by atoms with Gasteiger partial charge in [-0.2, -0.15) is 10.5 Å². The van der Waals surface area contributed by atoms with E-state index in [-0.39, 0.29) is 5.41 Å². The number of nitrogens with one attached hydrogen (secondary N) is 1. The molecule has 0 saturated carbocycles. The second kappa shape index (κ2) is 6.02. The summed E-state index contributed by atoms with van der Waals surface area (Å²) < 4.78 is 12.9. The van der Waals surface area contributed by atoms with Crippen LogP contribution in [0.4, 0.5) is 10.1 Å². The van der Waals surface area contributed by atoms with Gasteiger partial charge in [0.2, 0.25) is 0 Å². The molecular weight excluding hydrogens is 229 g/mol. The smallest absolute Gasteiger partial charge is 0.124 e. The molecule has 4 heteroatoms. The van der Waals surface area contributed by atoms with Crippen molar-refractivity contribution in [1.82, 2.24) is 0 Å². The van der Waals surface area contributed by atoms with Gasteiger partial charge in [-0.05, 0) is 44.9 Å². The topological polar surface area (TPSA) is 59.6 Å². The van der Waals surface area contributed by atoms with Crippen molar-refractivity contribution in [3.63, 3.8) is 0 Å². The van der Waals surface area contributed by atoms with Crippen molar-refractivity contribution in [2.24, 2.45) is 5.41 Å². The van der Waals surface area contributed by atoms with Gasteiger partial charge in [0.25, 0.3) is 0 Å². The molecule has 0 saturated heterocycles. The lowest BCUT2D eigenvalue weighted by Crippen LogP contribution is -2.11. The molecule has 0 aromatic heterocycles. The summed E-state index contributed by atoms with van der Waals surface area (Å²) in [6.45, 7) is 4.45. The predicted octanol–water partition coefficient (Wildman–Crippen LogP) is 3.44. The Kier molecular flexibility index (Phi) is 4.68. The van der Waals surface area contributed by atoms with Crippen LogP contribution in [0.5, 0.6) is 0 Å². The fourth-order valence-electron chi connectivity index (χ4n) is 1.57. The van der Waals surface area contributed by atoms with E-state index < -0.39 is 5.82 Å². The minimum Gasteiger partial charge on any atom is -0.384 e. The number of nitriles is 2. The summed E-state index contributed by atoms with van der Waals surface area (Å²) >= 11 is 0. The molecule has 0 radical (unpaired) electrons. The number of rotatable bonds is 5. The van der Waals surface area contributed by atoms with Gasteiger partial charge >= 0.3 is 0 Å². The standard InChI is InChI=1S/C14H16FN3/c1-14(2,10-17)6-3-7-18-13-5-4-12(15)8-11(13)9-16/h4-5,8,18H,3,6-7H2,1-2H3. The molecule has 3 nitrogen and oxygen atoms in total. The number of benzene rings is 1. The minimum absolute atomic E-state index is 0.301. The van der Waals surface area contributed by atoms with Gasteiger partial charge in [0.1, 0.15) is 11.9 Å². The van der Waals surface area contributed by atoms with E-state index in [1.807, 2.05) is 19.9 Å². The van der Waals surface area contributed by atoms with E-state index >= 15 is 0 Å². The summed E-state index contributed by atoms with van der Waals surface area (Å²) in [5.41, 5.74) is 0.603. The van der Waals surface area contributed by atoms with E-state index in [0.717, 1.165) is 12.8 Å². The van der Waals surface area contributed by atoms with Gasteiger partial charge in [-0.15, -0.1) is 0 Å². The van der Waals surface area contributed by atoms with Crippen LogP contribution in [0.1, 0.15) is 32.3 Å². The fraction of sp³-hybridized carbons (Fsp3) is 0.429. The lowest BCUT2D eigenvalue weighted by Gasteiger charge is -2.15. The lowest BCUT2D eigenvalue weighted by atomic mass is 9.90. The molecular formula is C14H16FN3. The third kappa shape index (κ3) is 4.07. The van der Waals surface area contributed by atoms with E-state index in [1.54, 1.807) is 6.07 Å². The fourth-order valence-corrected chi connectivity index (χ4v) is 1.57. The van der Waals surface area contributed by atoms with Crippen LogP contribution in [0.3, 0.4) is 0 Å². The van der Waals surface area contributed by atoms with Crippen LogP contribution in [0.25, 0.3) is 0 Å². The number of hydrogen-bond acceptors (Lipinski definition) is 3. The third-order valence-corrected chi connectivity index (χ3v) is 2.70. The molecule has 0 amide bonds. The molecule has 1 N–H and O–H groups in total. The molecule has 0 atom stereocenters. The van der Waals surface area contributed by atoms with Gasteiger partial charge in [0, 0.05) is 6.54 Å². The third-order valence-electron chi connectivity index (χ3n) is 2.70. The number of anilines is 1. The zero-order chi connectivity index (χ0) is 13.6. The second-order valence-corrected chi connectivity index (χ2v) is 4.83. The van der Waals surface area contributed by atoms with Crippen molar-refractivity contribution in [2.75, 3.05) is 11.9 Å². The van der Waals surface area contributed by atoms with Crippen molar-refractivity contribution in [3.05, 3.63) is 29.6 Å². The Labute approximate surface area is 107 Å². The summed E-state index contributed by atoms with van der Waals surface area (Å²) in [6.07, 6.45) is 1.60. The van der Waals surface area contributed by atoms with Crippen molar-refractivity contribution in [3.8, 4) is 12.1 Å². The second-order valence-electron chi connectivity index (χ2n) is 4.83. The van der Waals surface area contributed by atoms with Crippen LogP contribution in [0.2, 0.25) is 0 Å². The van der Waals surface area contributed by atoms with Crippen LogP contribution in [-0.4, -0.2) is 6.54 Å². The largest absolute Gasteiger partial charge is 0.384 e. The Morgan fingerprint density at radius 2 is 2.06 bits per heavy atom. The molecule has 0 heterocycles. The van der Waals surface area contributed by atoms with Gasteiger partial charge in [0.15, 0.2) is 0 Å². The molecule has 0 aliphatic rings. The van der Waals surface area contributed by atoms with Crippen LogP contribution in [0, 0.1) is 33.9 Å². The summed E-state index contributed by atoms with van der Waals surface area (Å²) in [5.74, 6) is -0.414. The first-order valence-electron chi connectivity index (χ1n) is 5.83. The molecule has 0 unspecified atom stereocenters. The highest BCUT2D eigenvalue weighted by molar-refractivity contribution is 5.57. The average Bonchev–Trinajstić information content (AvgIpc) is 2.36. The van der Waals surface area contributed by atoms with Gasteiger partial charge in [-0.25, -0.2) is 4.39 Å². The van der Waals surface area contributed by atoms with E-state index in [4.69, 9.17) is 10.5 Å². The SMILES string of the molecule is CC(C)(C#N)CCCNc1ccc(F)cc1C#N. The first-order chi connectivity index (χ1) is 8.48. The molecule has 18 heavy (non-hydrogen) atoms. The quantitative estimate of drug-likeness (QED) is 0.808. The van der Waals surface area contributed by atoms with E-state index in [2.05, 4.69) is 11.4 Å². The molecule has 1 rings (SSSR count). The summed E-state index contributed by atoms with van der Waals surface area (Å²) in [4.78, 5) is 0. The maximum absolute atomic E-state index is 12.9. The maximum atomic E-state index is 12.9. The molecule has 0 fully saturated rings. The van der Waals surface area contributed by atoms with Crippen LogP contribution >= 0.6 is 0 Å². The van der Waals surface area contributed by atoms with Crippen molar-refractivity contribution in [1.29, 1.82) is 10.5 Å². The van der Waals surface area contributed by atoms with Gasteiger partial charge < -0.3 is 5.32 Å². The molecule has 1 aromatic rings. The van der Waals surface area contributed by atoms with Gasteiger partial charge in [-0.1, -0.05) is 0 Å². The molecule has 1 aromatic carbocycles. The Hall–Kier alpha value is -2.07. The van der Waals surface area contributed by atoms with E-state index in [9.17, 15) is 4.39 Å². The number of nitrogens with zero attached hydrogens (tertiary/aromatic N) is 2. The number of hydrogen-bond donors (Lipinski definition) is 1. The van der Waals surface area contributed by atoms with Crippen LogP contribution in [0.15, 0.2) is 18.2 Å². The van der Waals surface area contributed by atoms with Crippen molar-refractivity contribution < 1.29 is 4.39 Å². The summed E-state index contributed by atoms with van der Waals surface area (Å²) in [5, 5.41) is 20.8. The van der Waals surface area contributed by atoms with Crippen LogP contribution in [-0.2, 0) is 0 Å². The average molecular weight is 245 g/mol. The van der Waals surface area contributed by atoms with Gasteiger partial charge in [-0.3, -0.25) is 0 Å². The summed E-state index contributed by atoms with van der Waals surface area (Å²) in [6, 6.07) is 8.28. The normalized spacial score (nSPS) is 10.5. The van der Waals surface area contributed by atoms with Crippen molar-refractivity contribution >= 4 is 5.69 Å². The Morgan fingerprint density at radius 3 is 2.67 bits per heavy atom. The van der Waals surface area contributed by atoms with Gasteiger partial charge in [0.05, 0.1) is 22.7 Å². The molecule has 0 bridgehead atoms. The Morgan fingerprint density at radius 1 is 1.33 bits per heavy atom. The first kappa shape index (κ1) is 14.0. The van der Waals surface area contributed by atoms with Crippen molar-refractivity contribution in [2.45, 2.75) is 26.7 Å². The highest BCUT2D eigenvalue weighted by Gasteiger charge is 2.15. The van der Waals surface area contributed by atoms with E-state index in [0.29, 0.717) is 17.8 Å². The minimum atomic E-state index is -0.414. The van der Waals surface area contributed by atoms with Crippen LogP contribution < -0.4 is 5.32 Å². The zero-order valence-electron chi connectivity index (χ0n) is 10.6. The maximum Gasteiger partial charge on any atom is 0.124 e. The Balaban J connectivity index is 2.51. The summed E-state index contributed by atoms with van der Waals surface area (Å²) in [7, 11) is 0. The first-order valence-corrected chi connectivity index (χ1v) is 5.83. The molecule has 94 valence electrons. The highest BCUT2D eigenvalue weighted by Crippen LogP contribution is 2.21.